The highest BCUT2D eigenvalue weighted by Gasteiger charge is 2.34. The topological polar surface area (TPSA) is 138 Å². The fourth-order valence-electron chi connectivity index (χ4n) is 6.71. The molecule has 0 unspecified atom stereocenters. The van der Waals surface area contributed by atoms with E-state index >= 15 is 4.39 Å². The maximum absolute atomic E-state index is 15.7. The van der Waals surface area contributed by atoms with Gasteiger partial charge < -0.3 is 20.7 Å². The maximum Gasteiger partial charge on any atom is 0.264 e. The molecule has 2 aliphatic heterocycles. The van der Waals surface area contributed by atoms with Gasteiger partial charge in [0.25, 0.3) is 5.91 Å². The van der Waals surface area contributed by atoms with Gasteiger partial charge in [-0.2, -0.15) is 10.4 Å². The van der Waals surface area contributed by atoms with Crippen molar-refractivity contribution < 1.29 is 13.9 Å². The number of nitrogens with one attached hydrogen (secondary N) is 1. The highest BCUT2D eigenvalue weighted by molar-refractivity contribution is 5.99. The zero-order valence-electron chi connectivity index (χ0n) is 27.2. The number of carbonyl (C=O) groups is 1. The molecule has 2 fully saturated rings. The van der Waals surface area contributed by atoms with Crippen LogP contribution in [0.15, 0.2) is 66.5 Å². The number of piperidine rings is 1. The number of amides is 1. The third-order valence-electron chi connectivity index (χ3n) is 8.94. The number of hydrogen-bond acceptors (Lipinski definition) is 9. The molecular formula is C35H40FN9O2. The lowest BCUT2D eigenvalue weighted by atomic mass is 9.95. The van der Waals surface area contributed by atoms with E-state index in [1.807, 2.05) is 32.0 Å². The van der Waals surface area contributed by atoms with Crippen molar-refractivity contribution in [3.05, 3.63) is 72.3 Å². The van der Waals surface area contributed by atoms with E-state index in [0.717, 1.165) is 13.1 Å². The molecule has 47 heavy (non-hydrogen) atoms. The molecule has 0 aliphatic carbocycles. The van der Waals surface area contributed by atoms with Gasteiger partial charge in [0.1, 0.15) is 46.8 Å². The molecule has 2 aliphatic rings. The number of benzene rings is 2. The molecule has 0 bridgehead atoms. The summed E-state index contributed by atoms with van der Waals surface area (Å²) in [6.07, 6.45) is 4.56. The van der Waals surface area contributed by atoms with E-state index in [1.54, 1.807) is 39.9 Å². The molecule has 2 aromatic carbocycles. The molecule has 11 nitrogen and oxygen atoms in total. The quantitative estimate of drug-likeness (QED) is 0.210. The van der Waals surface area contributed by atoms with Crippen LogP contribution in [0, 0.1) is 17.1 Å². The van der Waals surface area contributed by atoms with Crippen molar-refractivity contribution in [2.45, 2.75) is 64.2 Å². The number of hydrogen-bond donors (Lipinski definition) is 2. The van der Waals surface area contributed by atoms with Gasteiger partial charge in [0.05, 0.1) is 11.4 Å². The monoisotopic (exact) mass is 637 g/mol. The minimum Gasteiger partial charge on any atom is -0.457 e. The molecule has 0 saturated carbocycles. The van der Waals surface area contributed by atoms with E-state index in [1.165, 1.54) is 12.4 Å². The van der Waals surface area contributed by atoms with Crippen molar-refractivity contribution in [1.29, 1.82) is 5.26 Å². The van der Waals surface area contributed by atoms with Crippen molar-refractivity contribution in [2.24, 2.45) is 0 Å². The van der Waals surface area contributed by atoms with Crippen LogP contribution in [0.25, 0.3) is 22.3 Å². The minimum atomic E-state index is -0.534. The van der Waals surface area contributed by atoms with Gasteiger partial charge in [-0.05, 0) is 70.9 Å². The Hall–Kier alpha value is -4.86. The average Bonchev–Trinajstić information content (AvgIpc) is 3.44. The van der Waals surface area contributed by atoms with Gasteiger partial charge in [-0.15, -0.1) is 0 Å². The number of carbonyl (C=O) groups excluding carboxylic acids is 1. The summed E-state index contributed by atoms with van der Waals surface area (Å²) < 4.78 is 23.2. The fourth-order valence-corrected chi connectivity index (χ4v) is 6.71. The van der Waals surface area contributed by atoms with E-state index in [9.17, 15) is 10.1 Å². The molecule has 3 N–H and O–H groups in total. The van der Waals surface area contributed by atoms with Gasteiger partial charge in [0.15, 0.2) is 5.65 Å². The van der Waals surface area contributed by atoms with E-state index in [4.69, 9.17) is 15.6 Å². The summed E-state index contributed by atoms with van der Waals surface area (Å²) >= 11 is 0. The fraction of sp³-hybridized carbons (Fsp3) is 0.400. The third-order valence-corrected chi connectivity index (χ3v) is 8.94. The molecule has 1 amide bonds. The van der Waals surface area contributed by atoms with E-state index < -0.39 is 11.4 Å². The van der Waals surface area contributed by atoms with Crippen molar-refractivity contribution in [3.8, 4) is 28.8 Å². The van der Waals surface area contributed by atoms with Crippen LogP contribution in [0.2, 0.25) is 0 Å². The van der Waals surface area contributed by atoms with Crippen molar-refractivity contribution in [1.82, 2.24) is 34.9 Å². The summed E-state index contributed by atoms with van der Waals surface area (Å²) in [6, 6.07) is 16.2. The number of fused-ring (bicyclic) bond motifs is 1. The zero-order valence-corrected chi connectivity index (χ0v) is 27.2. The van der Waals surface area contributed by atoms with Crippen LogP contribution in [0.4, 0.5) is 10.2 Å². The standard InChI is InChI=1S/C35H40FN9O2/c1-22-18-44(19-23(2)41-22)35(3,4)16-24(17-37)34(46)43-14-8-9-25(20-43)45-33-30(32(38)39-21-40-33)31(42-45)28-13-12-27(15-29(28)36)47-26-10-6-5-7-11-26/h5-7,10-13,15-16,21-23,25,41H,8-9,14,18-20H2,1-4H3,(H2,38,39,40)/b24-16-/t22-,23+,25-/m1/s1. The highest BCUT2D eigenvalue weighted by atomic mass is 19.1. The van der Waals surface area contributed by atoms with E-state index in [2.05, 4.69) is 40.1 Å². The second-order valence-corrected chi connectivity index (χ2v) is 13.1. The lowest BCUT2D eigenvalue weighted by Crippen LogP contribution is -2.59. The first-order valence-electron chi connectivity index (χ1n) is 16.0. The highest BCUT2D eigenvalue weighted by Crippen LogP contribution is 2.36. The van der Waals surface area contributed by atoms with Crippen LogP contribution >= 0.6 is 0 Å². The first kappa shape index (κ1) is 32.1. The largest absolute Gasteiger partial charge is 0.457 e. The number of piperazine rings is 1. The maximum atomic E-state index is 15.7. The molecule has 2 aromatic heterocycles. The van der Waals surface area contributed by atoms with Crippen LogP contribution in [0.3, 0.4) is 0 Å². The second-order valence-electron chi connectivity index (χ2n) is 13.1. The van der Waals surface area contributed by atoms with Crippen LogP contribution < -0.4 is 15.8 Å². The summed E-state index contributed by atoms with van der Waals surface area (Å²) in [5.41, 5.74) is 6.94. The number of nitriles is 1. The van der Waals surface area contributed by atoms with Gasteiger partial charge in [0.2, 0.25) is 0 Å². The van der Waals surface area contributed by atoms with Crippen molar-refractivity contribution >= 4 is 22.8 Å². The minimum absolute atomic E-state index is 0.118. The molecule has 12 heteroatoms. The Labute approximate surface area is 273 Å². The van der Waals surface area contributed by atoms with E-state index in [0.29, 0.717) is 66.2 Å². The number of nitrogens with zero attached hydrogens (tertiary/aromatic N) is 7. The number of rotatable bonds is 7. The number of aromatic nitrogens is 4. The van der Waals surface area contributed by atoms with Crippen LogP contribution in [0.5, 0.6) is 11.5 Å². The Morgan fingerprint density at radius 1 is 1.11 bits per heavy atom. The average molecular weight is 638 g/mol. The normalized spacial score (nSPS) is 21.1. The Morgan fingerprint density at radius 3 is 2.55 bits per heavy atom. The van der Waals surface area contributed by atoms with Gasteiger partial charge in [-0.25, -0.2) is 19.0 Å². The SMILES string of the molecule is C[C@@H]1CN(C(C)(C)/C=C(/C#N)C(=O)N2CCC[C@@H](n3nc(-c4ccc(Oc5ccccc5)cc4F)c4c(N)ncnc43)C2)C[C@H](C)N1. The van der Waals surface area contributed by atoms with Crippen LogP contribution in [0.1, 0.15) is 46.6 Å². The van der Waals surface area contributed by atoms with Gasteiger partial charge in [-0.1, -0.05) is 18.2 Å². The van der Waals surface area contributed by atoms with Gasteiger partial charge in [-0.3, -0.25) is 9.69 Å². The first-order chi connectivity index (χ1) is 22.5. The summed E-state index contributed by atoms with van der Waals surface area (Å²) in [7, 11) is 0. The summed E-state index contributed by atoms with van der Waals surface area (Å²) in [6.45, 7) is 10.8. The number of para-hydroxylation sites is 1. The molecule has 4 aromatic rings. The van der Waals surface area contributed by atoms with Crippen molar-refractivity contribution in [2.75, 3.05) is 31.9 Å². The second kappa shape index (κ2) is 13.1. The number of likely N-dealkylation sites (tertiary alicyclic amines) is 1. The Kier molecular flexibility index (Phi) is 8.94. The number of ether oxygens (including phenoxy) is 1. The van der Waals surface area contributed by atoms with Crippen LogP contribution in [-0.2, 0) is 4.79 Å². The molecule has 0 spiro atoms. The molecular weight excluding hydrogens is 597 g/mol. The van der Waals surface area contributed by atoms with Crippen molar-refractivity contribution in [3.63, 3.8) is 0 Å². The number of anilines is 1. The number of nitrogen functional groups attached to an aromatic ring is 1. The Bertz CT molecular complexity index is 1840. The Morgan fingerprint density at radius 2 is 1.85 bits per heavy atom. The smallest absolute Gasteiger partial charge is 0.264 e. The molecule has 6 rings (SSSR count). The predicted molar refractivity (Wildman–Crippen MR) is 178 cm³/mol. The zero-order chi connectivity index (χ0) is 33.3. The van der Waals surface area contributed by atoms with Gasteiger partial charge >= 0.3 is 0 Å². The predicted octanol–water partition coefficient (Wildman–Crippen LogP) is 5.08. The van der Waals surface area contributed by atoms with Crippen LogP contribution in [-0.4, -0.2) is 79.3 Å². The summed E-state index contributed by atoms with van der Waals surface area (Å²) in [4.78, 5) is 26.5. The lowest BCUT2D eigenvalue weighted by molar-refractivity contribution is -0.128. The molecule has 0 radical (unpaired) electrons. The number of halogens is 1. The third kappa shape index (κ3) is 6.68. The summed E-state index contributed by atoms with van der Waals surface area (Å²) in [5.74, 6) is 0.268. The molecule has 244 valence electrons. The molecule has 2 saturated heterocycles. The molecule has 4 heterocycles. The first-order valence-corrected chi connectivity index (χ1v) is 16.0. The number of nitrogens with two attached hydrogens (primary N) is 1. The van der Waals surface area contributed by atoms with Gasteiger partial charge in [0, 0.05) is 55.4 Å². The lowest BCUT2D eigenvalue weighted by Gasteiger charge is -2.44. The molecule has 3 atom stereocenters. The van der Waals surface area contributed by atoms with E-state index in [-0.39, 0.29) is 28.9 Å². The Balaban J connectivity index is 1.27. The summed E-state index contributed by atoms with van der Waals surface area (Å²) in [5, 5.41) is 18.9.